The van der Waals surface area contributed by atoms with Crippen molar-refractivity contribution in [3.8, 4) is 5.82 Å². The Labute approximate surface area is 214 Å². The summed E-state index contributed by atoms with van der Waals surface area (Å²) in [4.78, 5) is 10.5. The molecule has 5 rings (SSSR count). The standard InChI is InChI=1S/C24H26ClF3N6.C2H6/c1-15-12-20(25)30-21(13-15)34-23(31-22(32-34)24(26,27)28)29-18-7-4-16-5-8-19(9-6-17(16)14-18)33-10-2-3-11-33;1-2/h4,7,12-14,19H,2-3,5-6,8-11H2,1H3,(H,29,31,32);1-2H3. The largest absolute Gasteiger partial charge is 0.453 e. The van der Waals surface area contributed by atoms with E-state index >= 15 is 0 Å². The van der Waals surface area contributed by atoms with Crippen LogP contribution in [0.3, 0.4) is 0 Å². The Hall–Kier alpha value is -2.65. The van der Waals surface area contributed by atoms with Gasteiger partial charge in [0.05, 0.1) is 0 Å². The number of rotatable bonds is 4. The number of likely N-dealkylation sites (tertiary alicyclic amines) is 1. The maximum atomic E-state index is 13.4. The zero-order valence-electron chi connectivity index (χ0n) is 20.9. The second kappa shape index (κ2) is 11.2. The topological polar surface area (TPSA) is 58.9 Å². The van der Waals surface area contributed by atoms with E-state index in [4.69, 9.17) is 11.6 Å². The van der Waals surface area contributed by atoms with Gasteiger partial charge in [-0.15, -0.1) is 5.10 Å². The lowest BCUT2D eigenvalue weighted by Crippen LogP contribution is -2.32. The van der Waals surface area contributed by atoms with Gasteiger partial charge in [0.2, 0.25) is 5.95 Å². The lowest BCUT2D eigenvalue weighted by atomic mass is 10.0. The van der Waals surface area contributed by atoms with Crippen molar-refractivity contribution < 1.29 is 13.2 Å². The molecule has 0 saturated carbocycles. The Balaban J connectivity index is 0.00000148. The Morgan fingerprint density at radius 1 is 0.972 bits per heavy atom. The van der Waals surface area contributed by atoms with Crippen LogP contribution in [0.25, 0.3) is 5.82 Å². The van der Waals surface area contributed by atoms with E-state index < -0.39 is 12.0 Å². The van der Waals surface area contributed by atoms with Crippen molar-refractivity contribution in [1.29, 1.82) is 0 Å². The molecule has 1 aliphatic carbocycles. The summed E-state index contributed by atoms with van der Waals surface area (Å²) >= 11 is 6.04. The predicted molar refractivity (Wildman–Crippen MR) is 136 cm³/mol. The number of nitrogens with one attached hydrogen (secondary N) is 1. The number of anilines is 2. The van der Waals surface area contributed by atoms with E-state index in [0.29, 0.717) is 11.7 Å². The van der Waals surface area contributed by atoms with Gasteiger partial charge in [-0.2, -0.15) is 22.8 Å². The summed E-state index contributed by atoms with van der Waals surface area (Å²) in [5, 5.41) is 6.88. The summed E-state index contributed by atoms with van der Waals surface area (Å²) in [6.45, 7) is 8.15. The van der Waals surface area contributed by atoms with Crippen molar-refractivity contribution in [3.05, 3.63) is 58.0 Å². The number of aryl methyl sites for hydroxylation is 3. The Morgan fingerprint density at radius 2 is 1.67 bits per heavy atom. The smallest absolute Gasteiger partial charge is 0.324 e. The highest BCUT2D eigenvalue weighted by Gasteiger charge is 2.37. The van der Waals surface area contributed by atoms with Gasteiger partial charge in [0.15, 0.2) is 5.82 Å². The van der Waals surface area contributed by atoms with Crippen molar-refractivity contribution in [1.82, 2.24) is 24.6 Å². The van der Waals surface area contributed by atoms with Gasteiger partial charge in [-0.1, -0.05) is 31.5 Å². The fourth-order valence-electron chi connectivity index (χ4n) is 4.96. The fraction of sp³-hybridized carbons (Fsp3) is 0.500. The normalized spacial score (nSPS) is 18.2. The van der Waals surface area contributed by atoms with E-state index in [9.17, 15) is 13.2 Å². The molecule has 1 aliphatic heterocycles. The van der Waals surface area contributed by atoms with E-state index in [-0.39, 0.29) is 16.9 Å². The van der Waals surface area contributed by atoms with Crippen LogP contribution < -0.4 is 5.32 Å². The lowest BCUT2D eigenvalue weighted by molar-refractivity contribution is -0.144. The molecule has 1 aromatic carbocycles. The van der Waals surface area contributed by atoms with Gasteiger partial charge < -0.3 is 10.2 Å². The second-order valence-corrected chi connectivity index (χ2v) is 9.46. The third kappa shape index (κ3) is 6.00. The molecule has 0 bridgehead atoms. The van der Waals surface area contributed by atoms with Gasteiger partial charge in [0.25, 0.3) is 5.82 Å². The summed E-state index contributed by atoms with van der Waals surface area (Å²) in [6.07, 6.45) is 2.06. The van der Waals surface area contributed by atoms with E-state index in [1.54, 1.807) is 19.1 Å². The van der Waals surface area contributed by atoms with Crippen LogP contribution in [0.15, 0.2) is 30.3 Å². The van der Waals surface area contributed by atoms with Crippen molar-refractivity contribution in [3.63, 3.8) is 0 Å². The van der Waals surface area contributed by atoms with Crippen molar-refractivity contribution in [2.45, 2.75) is 71.5 Å². The summed E-state index contributed by atoms with van der Waals surface area (Å²) in [6, 6.07) is 9.81. The SMILES string of the molecule is CC.Cc1cc(Cl)nc(-n2nc(C(F)(F)F)nc2Nc2ccc3c(c2)CCC(N2CCCC2)CC3)c1. The third-order valence-electron chi connectivity index (χ3n) is 6.62. The minimum absolute atomic E-state index is 0.0648. The highest BCUT2D eigenvalue weighted by Crippen LogP contribution is 2.32. The van der Waals surface area contributed by atoms with Gasteiger partial charge in [0.1, 0.15) is 5.15 Å². The molecular weight excluding hydrogens is 489 g/mol. The monoisotopic (exact) mass is 520 g/mol. The van der Waals surface area contributed by atoms with Crippen LogP contribution in [0, 0.1) is 6.92 Å². The summed E-state index contributed by atoms with van der Waals surface area (Å²) in [5.74, 6) is -1.14. The average Bonchev–Trinajstić information content (AvgIpc) is 3.47. The number of hydrogen-bond acceptors (Lipinski definition) is 5. The summed E-state index contributed by atoms with van der Waals surface area (Å²) in [5.41, 5.74) is 3.95. The van der Waals surface area contributed by atoms with Crippen molar-refractivity contribution in [2.75, 3.05) is 18.4 Å². The molecule has 0 spiro atoms. The maximum Gasteiger partial charge on any atom is 0.453 e. The average molecular weight is 521 g/mol. The van der Waals surface area contributed by atoms with Gasteiger partial charge in [-0.05, 0) is 99.5 Å². The number of hydrogen-bond donors (Lipinski definition) is 1. The zero-order valence-corrected chi connectivity index (χ0v) is 21.6. The Bertz CT molecular complexity index is 1170. The van der Waals surface area contributed by atoms with E-state index in [0.717, 1.165) is 35.9 Å². The number of aromatic nitrogens is 4. The Kier molecular flexibility index (Phi) is 8.20. The van der Waals surface area contributed by atoms with Gasteiger partial charge in [-0.25, -0.2) is 4.98 Å². The highest BCUT2D eigenvalue weighted by atomic mass is 35.5. The van der Waals surface area contributed by atoms with Crippen LogP contribution in [0.2, 0.25) is 5.15 Å². The molecule has 6 nitrogen and oxygen atoms in total. The first-order valence-corrected chi connectivity index (χ1v) is 13.0. The van der Waals surface area contributed by atoms with Crippen molar-refractivity contribution in [2.24, 2.45) is 0 Å². The number of benzene rings is 1. The molecule has 1 N–H and O–H groups in total. The molecule has 2 aliphatic rings. The second-order valence-electron chi connectivity index (χ2n) is 9.08. The molecule has 10 heteroatoms. The molecule has 3 heterocycles. The number of halogens is 4. The maximum absolute atomic E-state index is 13.4. The van der Waals surface area contributed by atoms with Crippen LogP contribution in [-0.4, -0.2) is 43.8 Å². The quantitative estimate of drug-likeness (QED) is 0.304. The number of pyridine rings is 1. The number of alkyl halides is 3. The molecular formula is C26H32ClF3N6. The van der Waals surface area contributed by atoms with Crippen molar-refractivity contribution >= 4 is 23.2 Å². The molecule has 1 fully saturated rings. The molecule has 0 radical (unpaired) electrons. The highest BCUT2D eigenvalue weighted by molar-refractivity contribution is 6.29. The molecule has 1 saturated heterocycles. The molecule has 1 unspecified atom stereocenters. The van der Waals surface area contributed by atoms with Crippen LogP contribution in [-0.2, 0) is 19.0 Å². The van der Waals surface area contributed by atoms with Crippen LogP contribution in [0.4, 0.5) is 24.8 Å². The summed E-state index contributed by atoms with van der Waals surface area (Å²) in [7, 11) is 0. The minimum atomic E-state index is -4.69. The van der Waals surface area contributed by atoms with Gasteiger partial charge in [0, 0.05) is 11.7 Å². The first-order chi connectivity index (χ1) is 17.3. The molecule has 3 aromatic rings. The molecule has 1 atom stereocenters. The molecule has 2 aromatic heterocycles. The zero-order chi connectivity index (χ0) is 25.9. The predicted octanol–water partition coefficient (Wildman–Crippen LogP) is 6.76. The number of fused-ring (bicyclic) bond motifs is 1. The molecule has 36 heavy (non-hydrogen) atoms. The van der Waals surface area contributed by atoms with Gasteiger partial charge in [-0.3, -0.25) is 0 Å². The fourth-order valence-corrected chi connectivity index (χ4v) is 5.22. The third-order valence-corrected chi connectivity index (χ3v) is 6.81. The molecule has 194 valence electrons. The van der Waals surface area contributed by atoms with E-state index in [2.05, 4.69) is 31.3 Å². The van der Waals surface area contributed by atoms with Crippen LogP contribution in [0.1, 0.15) is 62.0 Å². The van der Waals surface area contributed by atoms with Gasteiger partial charge >= 0.3 is 6.18 Å². The van der Waals surface area contributed by atoms with E-state index in [1.165, 1.54) is 37.1 Å². The summed E-state index contributed by atoms with van der Waals surface area (Å²) < 4.78 is 41.3. The molecule has 0 amide bonds. The lowest BCUT2D eigenvalue weighted by Gasteiger charge is -2.25. The van der Waals surface area contributed by atoms with E-state index in [1.807, 2.05) is 26.0 Å². The first kappa shape index (κ1) is 26.4. The Morgan fingerprint density at radius 3 is 2.33 bits per heavy atom. The van der Waals surface area contributed by atoms with Crippen LogP contribution >= 0.6 is 11.6 Å². The minimum Gasteiger partial charge on any atom is -0.324 e. The number of nitrogens with zero attached hydrogens (tertiary/aromatic N) is 5. The van der Waals surface area contributed by atoms with Crippen LogP contribution in [0.5, 0.6) is 0 Å². The first-order valence-electron chi connectivity index (χ1n) is 12.6.